The van der Waals surface area contributed by atoms with Gasteiger partial charge < -0.3 is 4.57 Å². The second kappa shape index (κ2) is 7.37. The molecule has 31 heavy (non-hydrogen) atoms. The second-order valence-corrected chi connectivity index (χ2v) is 9.53. The van der Waals surface area contributed by atoms with Crippen molar-refractivity contribution in [1.82, 2.24) is 4.57 Å². The number of benzene rings is 5. The normalized spacial score (nSPS) is 11.5. The Morgan fingerprint density at radius 1 is 0.484 bits per heavy atom. The molecule has 0 aliphatic rings. The van der Waals surface area contributed by atoms with Gasteiger partial charge in [0, 0.05) is 25.3 Å². The van der Waals surface area contributed by atoms with E-state index in [0.29, 0.717) is 0 Å². The van der Waals surface area contributed by atoms with Crippen LogP contribution in [0.5, 0.6) is 0 Å². The number of halogens is 2. The highest BCUT2D eigenvalue weighted by molar-refractivity contribution is 9.10. The SMILES string of the molecule is Brc1ccc2c(c1)c1cc(Br)ccc1n2-c1ccccc1-c1cccc2ccccc12. The third-order valence-corrected chi connectivity index (χ3v) is 6.90. The number of rotatable bonds is 2. The molecule has 0 saturated heterocycles. The lowest BCUT2D eigenvalue weighted by atomic mass is 9.97. The number of nitrogens with zero attached hydrogens (tertiary/aromatic N) is 1. The highest BCUT2D eigenvalue weighted by atomic mass is 79.9. The molecule has 0 amide bonds. The van der Waals surface area contributed by atoms with Crippen LogP contribution >= 0.6 is 31.9 Å². The molecule has 0 atom stereocenters. The van der Waals surface area contributed by atoms with Crippen LogP contribution in [0, 0.1) is 0 Å². The molecule has 0 aliphatic heterocycles. The maximum absolute atomic E-state index is 3.66. The standard InChI is InChI=1S/C28H17Br2N/c29-19-12-14-27-24(16-19)25-17-20(30)13-15-28(25)31(27)26-11-4-3-9-23(26)22-10-5-7-18-6-1-2-8-21(18)22/h1-17H. The van der Waals surface area contributed by atoms with Gasteiger partial charge in [-0.05, 0) is 58.8 Å². The molecular formula is C28H17Br2N. The molecule has 0 bridgehead atoms. The Labute approximate surface area is 197 Å². The van der Waals surface area contributed by atoms with Crippen molar-refractivity contribution in [3.8, 4) is 16.8 Å². The maximum atomic E-state index is 3.66. The predicted molar refractivity (Wildman–Crippen MR) is 139 cm³/mol. The van der Waals surface area contributed by atoms with Gasteiger partial charge in [-0.3, -0.25) is 0 Å². The Bertz CT molecular complexity index is 1550. The lowest BCUT2D eigenvalue weighted by Crippen LogP contribution is -1.97. The van der Waals surface area contributed by atoms with Gasteiger partial charge in [0.15, 0.2) is 0 Å². The van der Waals surface area contributed by atoms with Crippen LogP contribution in [0.1, 0.15) is 0 Å². The van der Waals surface area contributed by atoms with E-state index < -0.39 is 0 Å². The first kappa shape index (κ1) is 18.9. The molecule has 0 radical (unpaired) electrons. The van der Waals surface area contributed by atoms with E-state index in [1.807, 2.05) is 0 Å². The van der Waals surface area contributed by atoms with Crippen molar-refractivity contribution in [1.29, 1.82) is 0 Å². The molecule has 3 heteroatoms. The van der Waals surface area contributed by atoms with Crippen LogP contribution in [0.25, 0.3) is 49.4 Å². The zero-order chi connectivity index (χ0) is 20.9. The van der Waals surface area contributed by atoms with E-state index in [-0.39, 0.29) is 0 Å². The van der Waals surface area contributed by atoms with Crippen LogP contribution in [0.3, 0.4) is 0 Å². The lowest BCUT2D eigenvalue weighted by molar-refractivity contribution is 1.18. The highest BCUT2D eigenvalue weighted by Gasteiger charge is 2.16. The van der Waals surface area contributed by atoms with Gasteiger partial charge in [0.1, 0.15) is 0 Å². The molecule has 5 aromatic carbocycles. The molecule has 6 rings (SSSR count). The Kier molecular flexibility index (Phi) is 4.48. The molecule has 0 aliphatic carbocycles. The minimum absolute atomic E-state index is 1.08. The predicted octanol–water partition coefficient (Wildman–Crippen LogP) is 9.13. The Balaban J connectivity index is 1.74. The van der Waals surface area contributed by atoms with E-state index in [4.69, 9.17) is 0 Å². The summed E-state index contributed by atoms with van der Waals surface area (Å²) in [5.74, 6) is 0. The first-order chi connectivity index (χ1) is 15.2. The van der Waals surface area contributed by atoms with Crippen LogP contribution < -0.4 is 0 Å². The van der Waals surface area contributed by atoms with Crippen LogP contribution in [0.15, 0.2) is 112 Å². The minimum atomic E-state index is 1.08. The summed E-state index contributed by atoms with van der Waals surface area (Å²) in [5.41, 5.74) is 6.05. The van der Waals surface area contributed by atoms with Crippen molar-refractivity contribution in [3.05, 3.63) is 112 Å². The summed E-state index contributed by atoms with van der Waals surface area (Å²) in [4.78, 5) is 0. The summed E-state index contributed by atoms with van der Waals surface area (Å²) in [6, 6.07) is 36.9. The number of fused-ring (bicyclic) bond motifs is 4. The fraction of sp³-hybridized carbons (Fsp3) is 0. The van der Waals surface area contributed by atoms with E-state index >= 15 is 0 Å². The van der Waals surface area contributed by atoms with Crippen molar-refractivity contribution >= 4 is 64.4 Å². The third kappa shape index (κ3) is 3.03. The summed E-state index contributed by atoms with van der Waals surface area (Å²) >= 11 is 7.32. The molecule has 0 unspecified atom stereocenters. The Morgan fingerprint density at radius 3 is 1.81 bits per heavy atom. The van der Waals surface area contributed by atoms with Gasteiger partial charge in [-0.15, -0.1) is 0 Å². The van der Waals surface area contributed by atoms with Crippen molar-refractivity contribution in [2.45, 2.75) is 0 Å². The maximum Gasteiger partial charge on any atom is 0.0542 e. The van der Waals surface area contributed by atoms with Gasteiger partial charge in [0.05, 0.1) is 16.7 Å². The van der Waals surface area contributed by atoms with Crippen molar-refractivity contribution in [2.75, 3.05) is 0 Å². The van der Waals surface area contributed by atoms with E-state index in [1.54, 1.807) is 0 Å². The number of hydrogen-bond acceptors (Lipinski definition) is 0. The molecule has 1 heterocycles. The average molecular weight is 527 g/mol. The first-order valence-electron chi connectivity index (χ1n) is 10.2. The van der Waals surface area contributed by atoms with Gasteiger partial charge in [0.25, 0.3) is 0 Å². The van der Waals surface area contributed by atoms with E-state index in [1.165, 1.54) is 49.4 Å². The minimum Gasteiger partial charge on any atom is -0.309 e. The van der Waals surface area contributed by atoms with Gasteiger partial charge in [-0.2, -0.15) is 0 Å². The van der Waals surface area contributed by atoms with Crippen molar-refractivity contribution < 1.29 is 0 Å². The van der Waals surface area contributed by atoms with Crippen LogP contribution in [0.4, 0.5) is 0 Å². The third-order valence-electron chi connectivity index (χ3n) is 5.91. The zero-order valence-corrected chi connectivity index (χ0v) is 19.7. The number of aromatic nitrogens is 1. The second-order valence-electron chi connectivity index (χ2n) is 7.70. The molecule has 0 spiro atoms. The van der Waals surface area contributed by atoms with Gasteiger partial charge in [-0.1, -0.05) is 92.5 Å². The van der Waals surface area contributed by atoms with Gasteiger partial charge >= 0.3 is 0 Å². The summed E-state index contributed by atoms with van der Waals surface area (Å²) in [5, 5.41) is 4.99. The summed E-state index contributed by atoms with van der Waals surface area (Å²) < 4.78 is 4.56. The van der Waals surface area contributed by atoms with Crippen LogP contribution in [-0.2, 0) is 0 Å². The van der Waals surface area contributed by atoms with E-state index in [9.17, 15) is 0 Å². The van der Waals surface area contributed by atoms with Crippen molar-refractivity contribution in [3.63, 3.8) is 0 Å². The van der Waals surface area contributed by atoms with Crippen LogP contribution in [0.2, 0.25) is 0 Å². The summed E-state index contributed by atoms with van der Waals surface area (Å²) in [7, 11) is 0. The molecule has 0 saturated carbocycles. The fourth-order valence-corrected chi connectivity index (χ4v) is 5.31. The molecule has 1 aromatic heterocycles. The first-order valence-corrected chi connectivity index (χ1v) is 11.8. The molecule has 6 aromatic rings. The molecule has 1 nitrogen and oxygen atoms in total. The van der Waals surface area contributed by atoms with E-state index in [0.717, 1.165) is 8.95 Å². The molecule has 0 fully saturated rings. The van der Waals surface area contributed by atoms with Crippen molar-refractivity contribution in [2.24, 2.45) is 0 Å². The molecule has 148 valence electrons. The smallest absolute Gasteiger partial charge is 0.0542 e. The van der Waals surface area contributed by atoms with Crippen LogP contribution in [-0.4, -0.2) is 4.57 Å². The van der Waals surface area contributed by atoms with Gasteiger partial charge in [0.2, 0.25) is 0 Å². The largest absolute Gasteiger partial charge is 0.309 e. The average Bonchev–Trinajstić information content (AvgIpc) is 3.11. The Morgan fingerprint density at radius 2 is 1.06 bits per heavy atom. The summed E-state index contributed by atoms with van der Waals surface area (Å²) in [6.07, 6.45) is 0. The lowest BCUT2D eigenvalue weighted by Gasteiger charge is -2.15. The highest BCUT2D eigenvalue weighted by Crippen LogP contribution is 2.39. The summed E-state index contributed by atoms with van der Waals surface area (Å²) in [6.45, 7) is 0. The fourth-order valence-electron chi connectivity index (χ4n) is 4.58. The van der Waals surface area contributed by atoms with E-state index in [2.05, 4.69) is 140 Å². The Hall–Kier alpha value is -2.88. The molecule has 0 N–H and O–H groups in total. The number of para-hydroxylation sites is 1. The number of hydrogen-bond donors (Lipinski definition) is 0. The van der Waals surface area contributed by atoms with Gasteiger partial charge in [-0.25, -0.2) is 0 Å². The monoisotopic (exact) mass is 525 g/mol. The quantitative estimate of drug-likeness (QED) is 0.212. The zero-order valence-electron chi connectivity index (χ0n) is 16.5. The molecular weight excluding hydrogens is 510 g/mol. The topological polar surface area (TPSA) is 4.93 Å².